The highest BCUT2D eigenvalue weighted by Crippen LogP contribution is 2.47. The van der Waals surface area contributed by atoms with Crippen molar-refractivity contribution in [3.63, 3.8) is 0 Å². The van der Waals surface area contributed by atoms with Gasteiger partial charge in [-0.2, -0.15) is 5.09 Å². The molecule has 0 unspecified atom stereocenters. The fourth-order valence-corrected chi connectivity index (χ4v) is 6.45. The van der Waals surface area contributed by atoms with Crippen LogP contribution in [0.4, 0.5) is 5.82 Å². The molecule has 14 nitrogen and oxygen atoms in total. The number of rotatable bonds is 12. The summed E-state index contributed by atoms with van der Waals surface area (Å²) >= 11 is 0. The van der Waals surface area contributed by atoms with E-state index in [1.807, 2.05) is 7.05 Å². The van der Waals surface area contributed by atoms with E-state index in [4.69, 9.17) is 18.5 Å². The van der Waals surface area contributed by atoms with E-state index in [-0.39, 0.29) is 11.9 Å². The van der Waals surface area contributed by atoms with Crippen molar-refractivity contribution in [3.05, 3.63) is 42.5 Å². The van der Waals surface area contributed by atoms with Crippen molar-refractivity contribution >= 4 is 30.7 Å². The molecule has 1 saturated heterocycles. The highest BCUT2D eigenvalue weighted by Gasteiger charge is 2.54. The SMILES string of the molecule is Cc1nc(N(C)C2CC2)c2ncn([C@@H]3O[C@H](CO[P@](=O)(N[C@@H](C)C(=O)OC(C)C)Oc4ccccc4)[C@@H](O)[C@@]3(C)O)c2n1. The van der Waals surface area contributed by atoms with Crippen molar-refractivity contribution in [2.45, 2.75) is 89.7 Å². The van der Waals surface area contributed by atoms with Crippen molar-refractivity contribution in [2.24, 2.45) is 0 Å². The van der Waals surface area contributed by atoms with E-state index in [1.54, 1.807) is 55.7 Å². The average Bonchev–Trinajstić information content (AvgIpc) is 3.67. The van der Waals surface area contributed by atoms with Crippen LogP contribution < -0.4 is 14.5 Å². The highest BCUT2D eigenvalue weighted by molar-refractivity contribution is 7.52. The second-order valence-electron chi connectivity index (χ2n) is 11.5. The summed E-state index contributed by atoms with van der Waals surface area (Å²) in [5.41, 5.74) is -0.832. The first-order valence-electron chi connectivity index (χ1n) is 14.3. The monoisotopic (exact) mass is 618 g/mol. The van der Waals surface area contributed by atoms with Gasteiger partial charge in [0, 0.05) is 13.1 Å². The maximum Gasteiger partial charge on any atom is 0.459 e. The molecule has 3 N–H and O–H groups in total. The predicted octanol–water partition coefficient (Wildman–Crippen LogP) is 2.88. The Balaban J connectivity index is 1.37. The summed E-state index contributed by atoms with van der Waals surface area (Å²) in [6, 6.07) is 7.64. The quantitative estimate of drug-likeness (QED) is 0.200. The van der Waals surface area contributed by atoms with E-state index >= 15 is 0 Å². The molecule has 2 aromatic heterocycles. The molecule has 0 spiro atoms. The highest BCUT2D eigenvalue weighted by atomic mass is 31.2. The summed E-state index contributed by atoms with van der Waals surface area (Å²) in [7, 11) is -2.27. The first-order chi connectivity index (χ1) is 20.3. The Morgan fingerprint density at radius 1 is 1.26 bits per heavy atom. The number of hydrogen-bond acceptors (Lipinski definition) is 12. The van der Waals surface area contributed by atoms with Crippen LogP contribution in [0.25, 0.3) is 11.2 Å². The van der Waals surface area contributed by atoms with Gasteiger partial charge >= 0.3 is 13.7 Å². The second kappa shape index (κ2) is 12.1. The van der Waals surface area contributed by atoms with Crippen LogP contribution >= 0.6 is 7.75 Å². The Kier molecular flexibility index (Phi) is 8.81. The molecule has 0 radical (unpaired) electrons. The fraction of sp³-hybridized carbons (Fsp3) is 0.571. The number of carbonyl (C=O) groups excluding carboxylic acids is 1. The summed E-state index contributed by atoms with van der Waals surface area (Å²) in [4.78, 5) is 28.2. The van der Waals surface area contributed by atoms with Gasteiger partial charge in [-0.25, -0.2) is 19.5 Å². The van der Waals surface area contributed by atoms with Crippen molar-refractivity contribution in [2.75, 3.05) is 18.6 Å². The third kappa shape index (κ3) is 6.69. The zero-order valence-electron chi connectivity index (χ0n) is 25.1. The number of aliphatic hydroxyl groups is 2. The molecule has 15 heteroatoms. The molecule has 1 saturated carbocycles. The molecule has 2 aliphatic rings. The van der Waals surface area contributed by atoms with E-state index in [0.29, 0.717) is 28.8 Å². The van der Waals surface area contributed by atoms with E-state index in [2.05, 4.69) is 24.9 Å². The van der Waals surface area contributed by atoms with Crippen LogP contribution in [0.5, 0.6) is 5.75 Å². The number of fused-ring (bicyclic) bond motifs is 1. The summed E-state index contributed by atoms with van der Waals surface area (Å²) < 4.78 is 38.2. The van der Waals surface area contributed by atoms with Gasteiger partial charge in [0.2, 0.25) is 0 Å². The Hall–Kier alpha value is -3.13. The molecule has 1 aromatic carbocycles. The number of nitrogens with zero attached hydrogens (tertiary/aromatic N) is 5. The molecule has 3 aromatic rings. The third-order valence-electron chi connectivity index (χ3n) is 7.39. The number of esters is 1. The minimum atomic E-state index is -4.23. The molecule has 5 rings (SSSR count). The summed E-state index contributed by atoms with van der Waals surface area (Å²) in [5, 5.41) is 25.2. The maximum atomic E-state index is 13.9. The van der Waals surface area contributed by atoms with Gasteiger partial charge in [0.15, 0.2) is 23.2 Å². The van der Waals surface area contributed by atoms with E-state index in [0.717, 1.165) is 12.8 Å². The molecule has 2 fully saturated rings. The lowest BCUT2D eigenvalue weighted by molar-refractivity contribution is -0.149. The van der Waals surface area contributed by atoms with E-state index < -0.39 is 50.4 Å². The van der Waals surface area contributed by atoms with Gasteiger partial charge in [-0.15, -0.1) is 0 Å². The van der Waals surface area contributed by atoms with Gasteiger partial charge in [-0.1, -0.05) is 18.2 Å². The lowest BCUT2D eigenvalue weighted by Gasteiger charge is -2.27. The number of ether oxygens (including phenoxy) is 2. The Morgan fingerprint density at radius 3 is 2.60 bits per heavy atom. The zero-order chi connectivity index (χ0) is 31.1. The van der Waals surface area contributed by atoms with Gasteiger partial charge in [0.1, 0.15) is 35.4 Å². The number of benzene rings is 1. The number of aryl methyl sites for hydroxylation is 1. The fourth-order valence-electron chi connectivity index (χ4n) is 4.94. The van der Waals surface area contributed by atoms with Gasteiger partial charge in [-0.05, 0) is 59.6 Å². The Labute approximate surface area is 249 Å². The van der Waals surface area contributed by atoms with Crippen molar-refractivity contribution < 1.29 is 38.1 Å². The molecular weight excluding hydrogens is 579 g/mol. The molecule has 0 bridgehead atoms. The van der Waals surface area contributed by atoms with Crippen LogP contribution in [-0.2, 0) is 23.4 Å². The minimum absolute atomic E-state index is 0.229. The number of anilines is 1. The summed E-state index contributed by atoms with van der Waals surface area (Å²) in [6.07, 6.45) is -0.462. The first kappa shape index (κ1) is 31.3. The maximum absolute atomic E-state index is 13.9. The molecule has 234 valence electrons. The first-order valence-corrected chi connectivity index (χ1v) is 15.8. The van der Waals surface area contributed by atoms with Crippen molar-refractivity contribution in [3.8, 4) is 5.75 Å². The van der Waals surface area contributed by atoms with Crippen LogP contribution in [0.1, 0.15) is 52.6 Å². The molecule has 1 aliphatic heterocycles. The van der Waals surface area contributed by atoms with E-state index in [9.17, 15) is 19.6 Å². The second-order valence-corrected chi connectivity index (χ2v) is 13.2. The third-order valence-corrected chi connectivity index (χ3v) is 9.03. The number of carbonyl (C=O) groups is 1. The lowest BCUT2D eigenvalue weighted by atomic mass is 9.96. The van der Waals surface area contributed by atoms with Crippen LogP contribution in [0, 0.1) is 6.92 Å². The summed E-state index contributed by atoms with van der Waals surface area (Å²) in [6.45, 7) is 7.63. The standard InChI is InChI=1S/C28H39N6O8P/c1-16(2)40-26(36)17(3)32-43(38,42-20-10-8-7-9-11-20)39-14-21-23(35)28(5,37)27(41-21)34-15-29-22-24(33(6)19-12-13-19)30-18(4)31-25(22)34/h7-11,15-17,19,21,23,27,35,37H,12-14H2,1-6H3,(H,32,38)/t17-,21+,23+,27+,28+,43+/m0/s1. The molecule has 6 atom stereocenters. The number of nitrogens with one attached hydrogen (secondary N) is 1. The zero-order valence-corrected chi connectivity index (χ0v) is 26.0. The molecule has 0 amide bonds. The Bertz CT molecular complexity index is 1500. The van der Waals surface area contributed by atoms with Gasteiger partial charge in [0.25, 0.3) is 0 Å². The predicted molar refractivity (Wildman–Crippen MR) is 156 cm³/mol. The number of aliphatic hydroxyl groups excluding tert-OH is 1. The van der Waals surface area contributed by atoms with Crippen LogP contribution in [0.3, 0.4) is 0 Å². The Morgan fingerprint density at radius 2 is 1.95 bits per heavy atom. The van der Waals surface area contributed by atoms with Crippen LogP contribution in [-0.4, -0.2) is 85.4 Å². The normalized spacial score (nSPS) is 25.9. The van der Waals surface area contributed by atoms with Crippen LogP contribution in [0.15, 0.2) is 36.7 Å². The number of aromatic nitrogens is 4. The molecular formula is C28H39N6O8P. The molecule has 3 heterocycles. The van der Waals surface area contributed by atoms with Gasteiger partial charge < -0.3 is 29.1 Å². The van der Waals surface area contributed by atoms with Crippen LogP contribution in [0.2, 0.25) is 0 Å². The smallest absolute Gasteiger partial charge is 0.459 e. The van der Waals surface area contributed by atoms with Crippen molar-refractivity contribution in [1.82, 2.24) is 24.6 Å². The number of para-hydroxylation sites is 1. The van der Waals surface area contributed by atoms with Crippen molar-refractivity contribution in [1.29, 1.82) is 0 Å². The number of hydrogen-bond donors (Lipinski definition) is 3. The summed E-state index contributed by atoms with van der Waals surface area (Å²) in [5.74, 6) is 0.779. The topological polar surface area (TPSA) is 170 Å². The molecule has 43 heavy (non-hydrogen) atoms. The van der Waals surface area contributed by atoms with E-state index in [1.165, 1.54) is 20.2 Å². The van der Waals surface area contributed by atoms with Gasteiger partial charge in [-0.3, -0.25) is 13.9 Å². The average molecular weight is 619 g/mol. The van der Waals surface area contributed by atoms with Gasteiger partial charge in [0.05, 0.1) is 19.0 Å². The lowest BCUT2D eigenvalue weighted by Crippen LogP contribution is -2.44. The largest absolute Gasteiger partial charge is 0.462 e. The number of imidazole rings is 1. The molecule has 1 aliphatic carbocycles. The minimum Gasteiger partial charge on any atom is -0.462 e.